The zero-order valence-corrected chi connectivity index (χ0v) is 23.1. The lowest BCUT2D eigenvalue weighted by atomic mass is 9.55. The van der Waals surface area contributed by atoms with Crippen molar-refractivity contribution in [3.63, 3.8) is 0 Å². The second kappa shape index (κ2) is 10.9. The Hall–Kier alpha value is -2.00. The quantitative estimate of drug-likeness (QED) is 0.230. The highest BCUT2D eigenvalue weighted by molar-refractivity contribution is 7.48. The van der Waals surface area contributed by atoms with Crippen molar-refractivity contribution >= 4 is 33.6 Å². The van der Waals surface area contributed by atoms with Crippen LogP contribution in [0, 0.1) is 11.8 Å². The van der Waals surface area contributed by atoms with Crippen LogP contribution in [-0.4, -0.2) is 53.2 Å². The molecular weight excluding hydrogens is 491 g/mol. The number of fused-ring (bicyclic) bond motifs is 2. The Bertz CT molecular complexity index is 1010. The predicted octanol–water partition coefficient (Wildman–Crippen LogP) is 4.69. The Kier molecular flexibility index (Phi) is 8.63. The van der Waals surface area contributed by atoms with Gasteiger partial charge in [-0.3, -0.25) is 23.4 Å². The maximum Gasteiger partial charge on any atom is 0.529 e. The lowest BCUT2D eigenvalue weighted by molar-refractivity contribution is -0.167. The first-order valence-electron chi connectivity index (χ1n) is 11.9. The number of carbonyl (C=O) groups is 3. The summed E-state index contributed by atoms with van der Waals surface area (Å²) >= 11 is 0. The predicted molar refractivity (Wildman–Crippen MR) is 131 cm³/mol. The van der Waals surface area contributed by atoms with Crippen LogP contribution in [0.5, 0.6) is 5.75 Å². The third kappa shape index (κ3) is 6.05. The smallest absolute Gasteiger partial charge is 0.466 e. The summed E-state index contributed by atoms with van der Waals surface area (Å²) in [5.41, 5.74) is 1.34. The Morgan fingerprint density at radius 1 is 1.00 bits per heavy atom. The number of rotatable bonds is 11. The fourth-order valence-electron chi connectivity index (χ4n) is 4.74. The molecule has 1 fully saturated rings. The van der Waals surface area contributed by atoms with Gasteiger partial charge >= 0.3 is 19.8 Å². The minimum Gasteiger partial charge on any atom is -0.466 e. The summed E-state index contributed by atoms with van der Waals surface area (Å²) in [5.74, 6) is -4.25. The molecule has 194 valence electrons. The molecule has 0 saturated heterocycles. The van der Waals surface area contributed by atoms with E-state index in [1.165, 1.54) is 14.2 Å². The fraction of sp³-hybridized carbons (Fsp3) is 0.625. The van der Waals surface area contributed by atoms with Gasteiger partial charge in [-0.25, -0.2) is 4.57 Å². The minimum atomic E-state index is -3.82. The molecule has 9 nitrogen and oxygen atoms in total. The van der Waals surface area contributed by atoms with Gasteiger partial charge in [0.1, 0.15) is 11.5 Å². The van der Waals surface area contributed by atoms with Crippen molar-refractivity contribution in [2.24, 2.45) is 11.8 Å². The number of phosphoric ester groups is 1. The van der Waals surface area contributed by atoms with E-state index < -0.39 is 51.5 Å². The summed E-state index contributed by atoms with van der Waals surface area (Å²) in [6, 6.07) is 5.70. The van der Waals surface area contributed by atoms with Crippen molar-refractivity contribution in [2.75, 3.05) is 27.4 Å². The standard InChI is InChI=1S/C24H35O9PSi/c1-7-10-31-24(27)22-20-17-13-15(33-34(28,29-2)30-3)8-9-16(17)18(14-19(20)25)21(22)23(26)32-11-12-35(4,5)6/h8-9,13,18,20-22H,7,10-12,14H2,1-6H3/t18?,20-,21?,22-/m1/s1. The molecule has 3 aliphatic rings. The van der Waals surface area contributed by atoms with Crippen LogP contribution in [0.2, 0.25) is 25.7 Å². The second-order valence-electron chi connectivity index (χ2n) is 10.1. The fourth-order valence-corrected chi connectivity index (χ4v) is 6.12. The topological polar surface area (TPSA) is 114 Å². The van der Waals surface area contributed by atoms with E-state index >= 15 is 0 Å². The van der Waals surface area contributed by atoms with Crippen LogP contribution in [0.3, 0.4) is 0 Å². The lowest BCUT2D eigenvalue weighted by Crippen LogP contribution is -2.50. The Balaban J connectivity index is 1.99. The maximum atomic E-state index is 13.3. The molecule has 0 heterocycles. The van der Waals surface area contributed by atoms with Gasteiger partial charge in [0, 0.05) is 34.6 Å². The first kappa shape index (κ1) is 27.6. The molecule has 4 rings (SSSR count). The molecule has 0 radical (unpaired) electrons. The van der Waals surface area contributed by atoms with Gasteiger partial charge in [0.05, 0.1) is 31.0 Å². The average Bonchev–Trinajstić information content (AvgIpc) is 2.80. The van der Waals surface area contributed by atoms with E-state index in [2.05, 4.69) is 19.6 Å². The number of Topliss-reactive ketones (excluding diaryl/α,β-unsaturated/α-hetero) is 1. The molecule has 35 heavy (non-hydrogen) atoms. The highest BCUT2D eigenvalue weighted by Crippen LogP contribution is 2.56. The van der Waals surface area contributed by atoms with Crippen molar-refractivity contribution < 1.29 is 42.0 Å². The third-order valence-corrected chi connectivity index (χ3v) is 9.53. The highest BCUT2D eigenvalue weighted by atomic mass is 31.2. The monoisotopic (exact) mass is 526 g/mol. The van der Waals surface area contributed by atoms with Crippen molar-refractivity contribution in [3.8, 4) is 5.75 Å². The van der Waals surface area contributed by atoms with E-state index in [9.17, 15) is 18.9 Å². The van der Waals surface area contributed by atoms with Crippen LogP contribution in [0.1, 0.15) is 42.7 Å². The normalized spacial score (nSPS) is 23.5. The summed E-state index contributed by atoms with van der Waals surface area (Å²) in [7, 11) is -2.85. The number of phosphoric acid groups is 1. The van der Waals surface area contributed by atoms with Crippen molar-refractivity contribution in [1.82, 2.24) is 0 Å². The molecule has 3 aliphatic carbocycles. The number of esters is 2. The molecule has 2 unspecified atom stereocenters. The van der Waals surface area contributed by atoms with Gasteiger partial charge in [-0.15, -0.1) is 0 Å². The lowest BCUT2D eigenvalue weighted by Gasteiger charge is -2.46. The van der Waals surface area contributed by atoms with Gasteiger partial charge < -0.3 is 14.0 Å². The number of ether oxygens (including phenoxy) is 2. The summed E-state index contributed by atoms with van der Waals surface area (Å²) in [5, 5.41) is 0. The molecular formula is C24H35O9PSi. The van der Waals surface area contributed by atoms with Crippen LogP contribution in [-0.2, 0) is 37.5 Å². The molecule has 4 atom stereocenters. The van der Waals surface area contributed by atoms with E-state index in [-0.39, 0.29) is 31.2 Å². The second-order valence-corrected chi connectivity index (χ2v) is 17.6. The molecule has 11 heteroatoms. The molecule has 1 aromatic rings. The molecule has 0 amide bonds. The summed E-state index contributed by atoms with van der Waals surface area (Å²) in [6.45, 7) is 8.92. The Morgan fingerprint density at radius 2 is 1.63 bits per heavy atom. The van der Waals surface area contributed by atoms with E-state index in [1.807, 2.05) is 6.92 Å². The molecule has 0 aromatic heterocycles. The van der Waals surface area contributed by atoms with Gasteiger partial charge in [0.2, 0.25) is 0 Å². The van der Waals surface area contributed by atoms with E-state index in [1.54, 1.807) is 18.2 Å². The zero-order valence-electron chi connectivity index (χ0n) is 21.2. The summed E-state index contributed by atoms with van der Waals surface area (Å²) < 4.78 is 38.6. The van der Waals surface area contributed by atoms with Crippen molar-refractivity contribution in [1.29, 1.82) is 0 Å². The largest absolute Gasteiger partial charge is 0.529 e. The molecule has 1 aromatic carbocycles. The molecule has 0 N–H and O–H groups in total. The van der Waals surface area contributed by atoms with Gasteiger partial charge in [0.25, 0.3) is 0 Å². The molecule has 0 aliphatic heterocycles. The van der Waals surface area contributed by atoms with Crippen molar-refractivity contribution in [3.05, 3.63) is 29.3 Å². The number of ketones is 1. The summed E-state index contributed by atoms with van der Waals surface area (Å²) in [6.07, 6.45) is 0.752. The average molecular weight is 527 g/mol. The van der Waals surface area contributed by atoms with E-state index in [0.29, 0.717) is 12.0 Å². The number of benzene rings is 1. The van der Waals surface area contributed by atoms with E-state index in [4.69, 9.17) is 23.0 Å². The molecule has 1 saturated carbocycles. The van der Waals surface area contributed by atoms with Crippen LogP contribution in [0.4, 0.5) is 0 Å². The first-order chi connectivity index (χ1) is 16.4. The first-order valence-corrected chi connectivity index (χ1v) is 17.0. The minimum absolute atomic E-state index is 0.137. The Morgan fingerprint density at radius 3 is 2.23 bits per heavy atom. The zero-order chi connectivity index (χ0) is 26.0. The van der Waals surface area contributed by atoms with Gasteiger partial charge in [-0.2, -0.15) is 0 Å². The van der Waals surface area contributed by atoms with Gasteiger partial charge in [0.15, 0.2) is 0 Å². The Labute approximate surface area is 207 Å². The highest BCUT2D eigenvalue weighted by Gasteiger charge is 2.58. The number of hydrogen-bond donors (Lipinski definition) is 0. The SMILES string of the molecule is CCCOC(=O)[C@H]1C(C(=O)OCC[Si](C)(C)C)C2CC(=O)[C@H]1c1cc(OP(=O)(OC)OC)ccc12. The van der Waals surface area contributed by atoms with Gasteiger partial charge in [-0.05, 0) is 35.7 Å². The maximum absolute atomic E-state index is 13.3. The number of carbonyl (C=O) groups excluding carboxylic acids is 3. The third-order valence-electron chi connectivity index (χ3n) is 6.49. The van der Waals surface area contributed by atoms with Crippen LogP contribution in [0.15, 0.2) is 18.2 Å². The molecule has 0 spiro atoms. The van der Waals surface area contributed by atoms with Crippen LogP contribution in [0.25, 0.3) is 0 Å². The van der Waals surface area contributed by atoms with E-state index in [0.717, 1.165) is 11.6 Å². The van der Waals surface area contributed by atoms with Gasteiger partial charge in [-0.1, -0.05) is 32.6 Å². The molecule has 2 bridgehead atoms. The van der Waals surface area contributed by atoms with Crippen LogP contribution < -0.4 is 4.52 Å². The van der Waals surface area contributed by atoms with Crippen LogP contribution >= 0.6 is 7.82 Å². The van der Waals surface area contributed by atoms with Crippen molar-refractivity contribution in [2.45, 2.75) is 57.3 Å². The number of hydrogen-bond acceptors (Lipinski definition) is 9. The summed E-state index contributed by atoms with van der Waals surface area (Å²) in [4.78, 5) is 39.6.